The van der Waals surface area contributed by atoms with Crippen molar-refractivity contribution in [2.75, 3.05) is 32.8 Å². The maximum Gasteiger partial charge on any atom is 0.409 e. The van der Waals surface area contributed by atoms with Gasteiger partial charge in [0.15, 0.2) is 5.96 Å². The van der Waals surface area contributed by atoms with Crippen molar-refractivity contribution in [2.24, 2.45) is 10.7 Å². The molecule has 0 bridgehead atoms. The zero-order chi connectivity index (χ0) is 18.8. The summed E-state index contributed by atoms with van der Waals surface area (Å²) in [5.74, 6) is 1.34. The number of hydrogen-bond donors (Lipinski definition) is 2. The molecular weight excluding hydrogens is 459 g/mol. The third-order valence-corrected chi connectivity index (χ3v) is 4.27. The molecule has 0 radical (unpaired) electrons. The number of carbonyl (C=O) groups is 1. The molecule has 0 atom stereocenters. The van der Waals surface area contributed by atoms with Gasteiger partial charge in [-0.2, -0.15) is 0 Å². The third-order valence-electron chi connectivity index (χ3n) is 4.27. The molecule has 1 aliphatic rings. The van der Waals surface area contributed by atoms with Gasteiger partial charge in [0.25, 0.3) is 0 Å². The Labute approximate surface area is 178 Å². The molecule has 1 fully saturated rings. The van der Waals surface area contributed by atoms with Gasteiger partial charge in [0.05, 0.1) is 13.2 Å². The number of likely N-dealkylation sites (tertiary alicyclic amines) is 1. The van der Waals surface area contributed by atoms with E-state index in [0.29, 0.717) is 38.8 Å². The Hall–Kier alpha value is -1.71. The summed E-state index contributed by atoms with van der Waals surface area (Å²) < 4.78 is 10.5. The van der Waals surface area contributed by atoms with Crippen LogP contribution in [-0.2, 0) is 11.2 Å². The number of nitrogens with zero attached hydrogens (tertiary/aromatic N) is 2. The van der Waals surface area contributed by atoms with Gasteiger partial charge in [0, 0.05) is 25.7 Å². The molecule has 0 aromatic heterocycles. The summed E-state index contributed by atoms with van der Waals surface area (Å²) in [6, 6.07) is 8.28. The lowest BCUT2D eigenvalue weighted by Crippen LogP contribution is -2.48. The van der Waals surface area contributed by atoms with Crippen LogP contribution in [0.15, 0.2) is 29.3 Å². The van der Waals surface area contributed by atoms with E-state index >= 15 is 0 Å². The molecule has 1 amide bonds. The van der Waals surface area contributed by atoms with Crippen LogP contribution in [0, 0.1) is 0 Å². The van der Waals surface area contributed by atoms with Crippen molar-refractivity contribution < 1.29 is 14.3 Å². The molecule has 1 aromatic rings. The third kappa shape index (κ3) is 8.23. The standard InChI is InChI=1S/C19H30N4O3.HI/c1-3-25-17-7-5-6-15(14-17)8-11-21-18(20)22-16-9-12-23(13-10-16)19(24)26-4-2;/h5-7,14,16H,3-4,8-13H2,1-2H3,(H3,20,21,22);1H. The van der Waals surface area contributed by atoms with Gasteiger partial charge in [-0.15, -0.1) is 24.0 Å². The minimum atomic E-state index is -0.234. The maximum absolute atomic E-state index is 11.7. The predicted molar refractivity (Wildman–Crippen MR) is 118 cm³/mol. The number of ether oxygens (including phenoxy) is 2. The van der Waals surface area contributed by atoms with Crippen LogP contribution >= 0.6 is 24.0 Å². The Morgan fingerprint density at radius 2 is 2.04 bits per heavy atom. The first-order valence-electron chi connectivity index (χ1n) is 9.32. The molecule has 1 saturated heterocycles. The number of aliphatic imine (C=N–C) groups is 1. The Bertz CT molecular complexity index is 604. The molecule has 0 saturated carbocycles. The van der Waals surface area contributed by atoms with Crippen LogP contribution < -0.4 is 15.8 Å². The topological polar surface area (TPSA) is 89.2 Å². The second kappa shape index (κ2) is 12.6. The van der Waals surface area contributed by atoms with E-state index in [-0.39, 0.29) is 36.1 Å². The Morgan fingerprint density at radius 1 is 1.30 bits per heavy atom. The molecule has 152 valence electrons. The minimum absolute atomic E-state index is 0. The zero-order valence-corrected chi connectivity index (χ0v) is 18.5. The smallest absolute Gasteiger partial charge is 0.409 e. The molecule has 27 heavy (non-hydrogen) atoms. The van der Waals surface area contributed by atoms with Crippen molar-refractivity contribution in [1.29, 1.82) is 0 Å². The van der Waals surface area contributed by atoms with E-state index in [2.05, 4.69) is 16.4 Å². The average molecular weight is 490 g/mol. The van der Waals surface area contributed by atoms with Crippen molar-refractivity contribution >= 4 is 36.0 Å². The zero-order valence-electron chi connectivity index (χ0n) is 16.1. The first-order valence-corrected chi connectivity index (χ1v) is 9.32. The van der Waals surface area contributed by atoms with Gasteiger partial charge in [0.1, 0.15) is 5.75 Å². The average Bonchev–Trinajstić information content (AvgIpc) is 2.63. The number of carbonyl (C=O) groups excluding carboxylic acids is 1. The predicted octanol–water partition coefficient (Wildman–Crippen LogP) is 2.77. The summed E-state index contributed by atoms with van der Waals surface area (Å²) in [6.45, 7) is 6.83. The van der Waals surface area contributed by atoms with E-state index in [1.165, 1.54) is 5.56 Å². The number of hydrogen-bond acceptors (Lipinski definition) is 4. The van der Waals surface area contributed by atoms with Gasteiger partial charge in [-0.25, -0.2) is 4.79 Å². The summed E-state index contributed by atoms with van der Waals surface area (Å²) in [5.41, 5.74) is 7.17. The lowest BCUT2D eigenvalue weighted by atomic mass is 10.1. The summed E-state index contributed by atoms with van der Waals surface area (Å²) in [7, 11) is 0. The van der Waals surface area contributed by atoms with Crippen LogP contribution in [0.2, 0.25) is 0 Å². The number of nitrogens with one attached hydrogen (secondary N) is 1. The van der Waals surface area contributed by atoms with Crippen LogP contribution in [0.25, 0.3) is 0 Å². The van der Waals surface area contributed by atoms with Crippen molar-refractivity contribution in [1.82, 2.24) is 10.2 Å². The number of nitrogens with two attached hydrogens (primary N) is 1. The van der Waals surface area contributed by atoms with Crippen LogP contribution in [0.1, 0.15) is 32.3 Å². The van der Waals surface area contributed by atoms with E-state index in [9.17, 15) is 4.79 Å². The van der Waals surface area contributed by atoms with Gasteiger partial charge < -0.3 is 25.4 Å². The molecule has 2 rings (SSSR count). The number of halogens is 1. The van der Waals surface area contributed by atoms with E-state index in [4.69, 9.17) is 15.2 Å². The minimum Gasteiger partial charge on any atom is -0.494 e. The Morgan fingerprint density at radius 3 is 2.70 bits per heavy atom. The molecule has 0 spiro atoms. The monoisotopic (exact) mass is 490 g/mol. The second-order valence-electron chi connectivity index (χ2n) is 6.20. The van der Waals surface area contributed by atoms with Crippen LogP contribution in [0.5, 0.6) is 5.75 Å². The molecular formula is C19H31IN4O3. The van der Waals surface area contributed by atoms with Crippen LogP contribution in [0.3, 0.4) is 0 Å². The molecule has 0 unspecified atom stereocenters. The molecule has 0 aliphatic carbocycles. The fraction of sp³-hybridized carbons (Fsp3) is 0.579. The fourth-order valence-corrected chi connectivity index (χ4v) is 2.94. The molecule has 1 aliphatic heterocycles. The second-order valence-corrected chi connectivity index (χ2v) is 6.20. The summed E-state index contributed by atoms with van der Waals surface area (Å²) in [5, 5.41) is 3.25. The fourth-order valence-electron chi connectivity index (χ4n) is 2.94. The molecule has 1 aromatic carbocycles. The highest BCUT2D eigenvalue weighted by molar-refractivity contribution is 14.0. The van der Waals surface area contributed by atoms with Crippen molar-refractivity contribution in [2.45, 2.75) is 39.2 Å². The van der Waals surface area contributed by atoms with E-state index in [1.54, 1.807) is 4.90 Å². The number of guanidine groups is 1. The van der Waals surface area contributed by atoms with Gasteiger partial charge in [-0.1, -0.05) is 12.1 Å². The maximum atomic E-state index is 11.7. The number of amides is 1. The lowest BCUT2D eigenvalue weighted by Gasteiger charge is -2.31. The number of piperidine rings is 1. The molecule has 7 nitrogen and oxygen atoms in total. The lowest BCUT2D eigenvalue weighted by molar-refractivity contribution is 0.0963. The van der Waals surface area contributed by atoms with Gasteiger partial charge in [-0.05, 0) is 50.8 Å². The van der Waals surface area contributed by atoms with Crippen molar-refractivity contribution in [3.8, 4) is 5.75 Å². The highest BCUT2D eigenvalue weighted by atomic mass is 127. The Balaban J connectivity index is 0.00000364. The molecule has 1 heterocycles. The van der Waals surface area contributed by atoms with Crippen LogP contribution in [0.4, 0.5) is 4.79 Å². The normalized spacial score (nSPS) is 15.0. The summed E-state index contributed by atoms with van der Waals surface area (Å²) >= 11 is 0. The SMILES string of the molecule is CCOC(=O)N1CCC(NC(N)=NCCc2cccc(OCC)c2)CC1.I. The van der Waals surface area contributed by atoms with Gasteiger partial charge in [0.2, 0.25) is 0 Å². The van der Waals surface area contributed by atoms with Crippen LogP contribution in [-0.4, -0.2) is 55.8 Å². The molecule has 3 N–H and O–H groups in total. The largest absolute Gasteiger partial charge is 0.494 e. The molecule has 8 heteroatoms. The van der Waals surface area contributed by atoms with Gasteiger partial charge >= 0.3 is 6.09 Å². The van der Waals surface area contributed by atoms with Crippen molar-refractivity contribution in [3.63, 3.8) is 0 Å². The highest BCUT2D eigenvalue weighted by Crippen LogP contribution is 2.14. The van der Waals surface area contributed by atoms with E-state index in [0.717, 1.165) is 25.0 Å². The summed E-state index contributed by atoms with van der Waals surface area (Å²) in [4.78, 5) is 17.8. The number of benzene rings is 1. The van der Waals surface area contributed by atoms with Crippen molar-refractivity contribution in [3.05, 3.63) is 29.8 Å². The quantitative estimate of drug-likeness (QED) is 0.349. The van der Waals surface area contributed by atoms with E-state index in [1.807, 2.05) is 32.0 Å². The Kier molecular flexibility index (Phi) is 10.9. The highest BCUT2D eigenvalue weighted by Gasteiger charge is 2.23. The van der Waals surface area contributed by atoms with E-state index < -0.39 is 0 Å². The summed E-state index contributed by atoms with van der Waals surface area (Å²) in [6.07, 6.45) is 2.25. The first kappa shape index (κ1) is 23.3. The number of rotatable bonds is 7. The first-order chi connectivity index (χ1) is 12.6. The van der Waals surface area contributed by atoms with Gasteiger partial charge in [-0.3, -0.25) is 4.99 Å².